The van der Waals surface area contributed by atoms with E-state index >= 15 is 0 Å². The first-order valence-corrected chi connectivity index (χ1v) is 30.2. The SMILES string of the molecule is N#Cc1ccc2c(c1)c1ccccc1n2-c1c(-c2nc3ccccc3s2)c(-c2nc3ccccc3n2-c2ccccc2)c(-n2c3ccccc3c3cc(C#N)ccc32)c(-n2c3ccccc3c3cc(C#N)ccc32)c1-n1c2ccccc2c2cc(C#N)ccc21. The molecule has 18 rings (SSSR count). The van der Waals surface area contributed by atoms with E-state index in [1.165, 1.54) is 0 Å². The first-order valence-electron chi connectivity index (χ1n) is 29.4. The van der Waals surface area contributed by atoms with Crippen LogP contribution in [0.3, 0.4) is 0 Å². The van der Waals surface area contributed by atoms with Crippen molar-refractivity contribution in [2.24, 2.45) is 0 Å². The molecule has 18 aromatic rings. The van der Waals surface area contributed by atoms with Crippen LogP contribution >= 0.6 is 11.3 Å². The van der Waals surface area contributed by atoms with Crippen molar-refractivity contribution in [1.29, 1.82) is 21.0 Å². The average molecular weight is 1160 g/mol. The van der Waals surface area contributed by atoms with Crippen LogP contribution < -0.4 is 0 Å². The van der Waals surface area contributed by atoms with Crippen molar-refractivity contribution >= 4 is 120 Å². The smallest absolute Gasteiger partial charge is 0.148 e. The van der Waals surface area contributed by atoms with Gasteiger partial charge >= 0.3 is 0 Å². The molecule has 0 unspecified atom stereocenters. The minimum atomic E-state index is 0.517. The van der Waals surface area contributed by atoms with Crippen molar-refractivity contribution in [3.05, 3.63) is 271 Å². The number of rotatable bonds is 7. The van der Waals surface area contributed by atoms with Crippen molar-refractivity contribution in [3.63, 3.8) is 0 Å². The molecular formula is C78H41N11S. The second kappa shape index (κ2) is 19.3. The lowest BCUT2D eigenvalue weighted by molar-refractivity contribution is 1.01. The molecule has 6 heterocycles. The van der Waals surface area contributed by atoms with E-state index in [0.717, 1.165) is 148 Å². The fraction of sp³-hybridized carbons (Fsp3) is 0. The van der Waals surface area contributed by atoms with Gasteiger partial charge < -0.3 is 18.3 Å². The van der Waals surface area contributed by atoms with Crippen LogP contribution in [0.1, 0.15) is 22.3 Å². The molecule has 90 heavy (non-hydrogen) atoms. The van der Waals surface area contributed by atoms with Gasteiger partial charge in [-0.25, -0.2) is 9.97 Å². The van der Waals surface area contributed by atoms with Gasteiger partial charge in [-0.2, -0.15) is 21.0 Å². The highest BCUT2D eigenvalue weighted by molar-refractivity contribution is 7.21. The Morgan fingerprint density at radius 1 is 0.278 bits per heavy atom. The summed E-state index contributed by atoms with van der Waals surface area (Å²) < 4.78 is 12.8. The van der Waals surface area contributed by atoms with Gasteiger partial charge in [0.05, 0.1) is 140 Å². The quantitative estimate of drug-likeness (QED) is 0.155. The lowest BCUT2D eigenvalue weighted by atomic mass is 9.96. The number of aromatic nitrogens is 7. The normalized spacial score (nSPS) is 11.7. The fourth-order valence-corrected chi connectivity index (χ4v) is 15.1. The number of imidazole rings is 1. The van der Waals surface area contributed by atoms with Crippen molar-refractivity contribution < 1.29 is 0 Å². The zero-order valence-electron chi connectivity index (χ0n) is 47.5. The molecule has 0 aliphatic rings. The highest BCUT2D eigenvalue weighted by Crippen LogP contribution is 2.56. The van der Waals surface area contributed by atoms with Crippen LogP contribution in [0.4, 0.5) is 0 Å². The maximum absolute atomic E-state index is 10.8. The van der Waals surface area contributed by atoms with Gasteiger partial charge in [0.25, 0.3) is 0 Å². The summed E-state index contributed by atoms with van der Waals surface area (Å²) in [6.45, 7) is 0. The second-order valence-electron chi connectivity index (χ2n) is 22.5. The maximum atomic E-state index is 10.8. The van der Waals surface area contributed by atoms with Gasteiger partial charge in [0.15, 0.2) is 0 Å². The molecule has 11 nitrogen and oxygen atoms in total. The molecule has 0 radical (unpaired) electrons. The maximum Gasteiger partial charge on any atom is 0.148 e. The fourth-order valence-electron chi connectivity index (χ4n) is 14.1. The Morgan fingerprint density at radius 2 is 0.622 bits per heavy atom. The monoisotopic (exact) mass is 1160 g/mol. The van der Waals surface area contributed by atoms with Crippen LogP contribution in [0.25, 0.3) is 159 Å². The van der Waals surface area contributed by atoms with Gasteiger partial charge in [0.1, 0.15) is 10.8 Å². The Balaban J connectivity index is 1.25. The summed E-state index contributed by atoms with van der Waals surface area (Å²) in [5, 5.41) is 50.9. The van der Waals surface area contributed by atoms with E-state index in [2.05, 4.69) is 229 Å². The van der Waals surface area contributed by atoms with Gasteiger partial charge in [-0.15, -0.1) is 11.3 Å². The Morgan fingerprint density at radius 3 is 1.04 bits per heavy atom. The zero-order valence-corrected chi connectivity index (χ0v) is 48.3. The first-order chi connectivity index (χ1) is 44.5. The number of benzene rings is 12. The van der Waals surface area contributed by atoms with E-state index in [1.807, 2.05) is 66.7 Å². The average Bonchev–Trinajstić information content (AvgIpc) is 1.43. The summed E-state index contributed by atoms with van der Waals surface area (Å²) in [7, 11) is 0. The molecule has 12 aromatic carbocycles. The second-order valence-corrected chi connectivity index (χ2v) is 23.5. The third-order valence-corrected chi connectivity index (χ3v) is 18.9. The minimum Gasteiger partial charge on any atom is -0.306 e. The standard InChI is InChI=1S/C78H41N11S/c79-42-46-30-34-65-55(38-46)51-18-4-10-24-61(51)86(65)73-71(77-83-59-22-8-14-28-69(59)85(77)50-16-2-1-3-17-50)72(78-84-60-23-9-15-29-70(60)90-78)74(87-62-25-11-5-19-52(62)56-39-47(43-80)31-35-66(56)87)76(89-64-27-13-7-21-54(64)58-41-49(45-82)33-37-68(58)89)75(73)88-63-26-12-6-20-53(63)57-40-48(44-81)32-36-67(57)88/h1-41H. The van der Waals surface area contributed by atoms with Gasteiger partial charge in [0.2, 0.25) is 0 Å². The van der Waals surface area contributed by atoms with Gasteiger partial charge in [0, 0.05) is 54.3 Å². The van der Waals surface area contributed by atoms with Crippen LogP contribution in [-0.4, -0.2) is 32.8 Å². The minimum absolute atomic E-state index is 0.517. The number of hydrogen-bond acceptors (Lipinski definition) is 7. The summed E-state index contributed by atoms with van der Waals surface area (Å²) in [6, 6.07) is 94.4. The van der Waals surface area contributed by atoms with E-state index in [4.69, 9.17) is 9.97 Å². The molecule has 414 valence electrons. The van der Waals surface area contributed by atoms with Gasteiger partial charge in [-0.3, -0.25) is 4.57 Å². The van der Waals surface area contributed by atoms with Crippen LogP contribution in [0.15, 0.2) is 249 Å². The Hall–Kier alpha value is -12.8. The molecule has 0 N–H and O–H groups in total. The van der Waals surface area contributed by atoms with E-state index in [-0.39, 0.29) is 0 Å². The summed E-state index contributed by atoms with van der Waals surface area (Å²) in [6.07, 6.45) is 0. The van der Waals surface area contributed by atoms with E-state index < -0.39 is 0 Å². The molecule has 0 amide bonds. The third-order valence-electron chi connectivity index (χ3n) is 17.8. The number of fused-ring (bicyclic) bond motifs is 14. The molecule has 0 fully saturated rings. The van der Waals surface area contributed by atoms with Crippen molar-refractivity contribution in [2.75, 3.05) is 0 Å². The number of thiazole rings is 1. The molecule has 0 bridgehead atoms. The molecular weight excluding hydrogens is 1120 g/mol. The molecule has 0 saturated heterocycles. The van der Waals surface area contributed by atoms with E-state index in [1.54, 1.807) is 11.3 Å². The van der Waals surface area contributed by atoms with Crippen molar-refractivity contribution in [2.45, 2.75) is 0 Å². The predicted molar refractivity (Wildman–Crippen MR) is 361 cm³/mol. The Labute approximate surface area is 516 Å². The van der Waals surface area contributed by atoms with Crippen LogP contribution in [0.2, 0.25) is 0 Å². The van der Waals surface area contributed by atoms with Crippen LogP contribution in [-0.2, 0) is 0 Å². The van der Waals surface area contributed by atoms with Crippen LogP contribution in [0.5, 0.6) is 0 Å². The van der Waals surface area contributed by atoms with E-state index in [0.29, 0.717) is 33.1 Å². The molecule has 0 aliphatic carbocycles. The Kier molecular flexibility index (Phi) is 10.8. The predicted octanol–water partition coefficient (Wildman–Crippen LogP) is 18.8. The summed E-state index contributed by atoms with van der Waals surface area (Å²) in [5.41, 5.74) is 16.7. The number of nitriles is 4. The first kappa shape index (κ1) is 50.5. The van der Waals surface area contributed by atoms with E-state index in [9.17, 15) is 21.0 Å². The highest BCUT2D eigenvalue weighted by Gasteiger charge is 2.38. The Bertz CT molecular complexity index is 6320. The zero-order chi connectivity index (χ0) is 59.9. The van der Waals surface area contributed by atoms with Crippen molar-refractivity contribution in [1.82, 2.24) is 32.8 Å². The molecule has 0 spiro atoms. The van der Waals surface area contributed by atoms with Crippen molar-refractivity contribution in [3.8, 4) is 74.7 Å². The largest absolute Gasteiger partial charge is 0.306 e. The molecule has 12 heteroatoms. The third kappa shape index (κ3) is 7.11. The summed E-state index contributed by atoms with van der Waals surface area (Å²) in [5.74, 6) is 0.626. The lowest BCUT2D eigenvalue weighted by Crippen LogP contribution is -2.17. The lowest BCUT2D eigenvalue weighted by Gasteiger charge is -2.30. The summed E-state index contributed by atoms with van der Waals surface area (Å²) in [4.78, 5) is 11.8. The molecule has 0 atom stereocenters. The number of hydrogen-bond donors (Lipinski definition) is 0. The molecule has 0 saturated carbocycles. The summed E-state index contributed by atoms with van der Waals surface area (Å²) >= 11 is 1.61. The number of para-hydroxylation sites is 8. The van der Waals surface area contributed by atoms with Gasteiger partial charge in [-0.1, -0.05) is 115 Å². The number of nitrogens with zero attached hydrogens (tertiary/aromatic N) is 11. The topological polar surface area (TPSA) is 146 Å². The van der Waals surface area contributed by atoms with Crippen LogP contribution in [0, 0.1) is 45.3 Å². The highest BCUT2D eigenvalue weighted by atomic mass is 32.1. The van der Waals surface area contributed by atoms with Gasteiger partial charge in [-0.05, 0) is 133 Å². The molecule has 6 aromatic heterocycles. The molecule has 0 aliphatic heterocycles.